The molecule has 0 atom stereocenters. The Morgan fingerprint density at radius 3 is 1.27 bits per heavy atom. The first-order valence-corrected chi connectivity index (χ1v) is 2.77. The Labute approximate surface area is 96.3 Å². The van der Waals surface area contributed by atoms with Crippen LogP contribution in [0.2, 0.25) is 0 Å². The van der Waals surface area contributed by atoms with Crippen molar-refractivity contribution in [1.29, 1.82) is 0 Å². The van der Waals surface area contributed by atoms with Gasteiger partial charge >= 0.3 is 32.3 Å². The van der Waals surface area contributed by atoms with Crippen LogP contribution in [0.4, 0.5) is 18.0 Å². The largest absolute Gasteiger partial charge is 1.00 e. The normalized spacial score (nSPS) is 7.00. The molecule has 11 heteroatoms. The van der Waals surface area contributed by atoms with Crippen LogP contribution in [-0.2, 0) is 9.47 Å². The minimum Gasteiger partial charge on any atom is -0.438 e. The molecule has 3 N–H and O–H groups in total. The van der Waals surface area contributed by atoms with Gasteiger partial charge in [-0.3, -0.25) is 0 Å². The van der Waals surface area contributed by atoms with Crippen LogP contribution in [0.3, 0.4) is 0 Å². The van der Waals surface area contributed by atoms with Crippen molar-refractivity contribution in [3.63, 3.8) is 0 Å². The van der Waals surface area contributed by atoms with Crippen LogP contribution in [0.15, 0.2) is 0 Å². The second-order valence-electron chi connectivity index (χ2n) is 1.22. The molecule has 0 radical (unpaired) electrons. The van der Waals surface area contributed by atoms with Gasteiger partial charge in [0.2, 0.25) is 0 Å². The average Bonchev–Trinajstić information content (AvgIpc) is 2.01. The Kier molecular flexibility index (Phi) is 30.8. The zero-order valence-corrected chi connectivity index (χ0v) is 8.28. The predicted molar refractivity (Wildman–Crippen MR) is 38.4 cm³/mol. The standard InChI is InChI=1S/C3H6O3.CF3.BH3O3.Li/c1-5-3(4)6-2;2*2-1(3)4;/h1-2H3;;2-4H;/q;-1;;+1. The van der Waals surface area contributed by atoms with E-state index in [1.54, 1.807) is 0 Å². The van der Waals surface area contributed by atoms with Crippen LogP contribution in [0.5, 0.6) is 0 Å². The van der Waals surface area contributed by atoms with E-state index in [2.05, 4.69) is 9.47 Å². The topological polar surface area (TPSA) is 96.2 Å². The van der Waals surface area contributed by atoms with Gasteiger partial charge in [0.15, 0.2) is 6.68 Å². The van der Waals surface area contributed by atoms with Crippen molar-refractivity contribution >= 4 is 13.5 Å². The summed E-state index contributed by atoms with van der Waals surface area (Å²) < 4.78 is 36.8. The molecule has 86 valence electrons. The summed E-state index contributed by atoms with van der Waals surface area (Å²) in [6.45, 7) is -3.08. The molecule has 0 bridgehead atoms. The van der Waals surface area contributed by atoms with E-state index >= 15 is 0 Å². The van der Waals surface area contributed by atoms with Crippen molar-refractivity contribution in [3.05, 3.63) is 6.68 Å². The van der Waals surface area contributed by atoms with E-state index in [-0.39, 0.29) is 18.9 Å². The number of carbonyl (C=O) groups excluding carboxylic acids is 1. The Bertz CT molecular complexity index is 111. The van der Waals surface area contributed by atoms with E-state index in [0.29, 0.717) is 0 Å². The third-order valence-corrected chi connectivity index (χ3v) is 0.333. The molecule has 0 rings (SSSR count). The van der Waals surface area contributed by atoms with E-state index in [0.717, 1.165) is 0 Å². The molecule has 0 spiro atoms. The van der Waals surface area contributed by atoms with Crippen molar-refractivity contribution in [1.82, 2.24) is 0 Å². The first kappa shape index (κ1) is 24.0. The fourth-order valence-electron chi connectivity index (χ4n) is 0.0833. The second kappa shape index (κ2) is 19.2. The molecule has 0 saturated carbocycles. The van der Waals surface area contributed by atoms with Crippen molar-refractivity contribution in [2.45, 2.75) is 0 Å². The van der Waals surface area contributed by atoms with E-state index in [1.165, 1.54) is 14.2 Å². The van der Waals surface area contributed by atoms with Crippen LogP contribution in [-0.4, -0.2) is 42.8 Å². The summed E-state index contributed by atoms with van der Waals surface area (Å²) in [5.41, 5.74) is 0. The van der Waals surface area contributed by atoms with Gasteiger partial charge in [0.25, 0.3) is 0 Å². The van der Waals surface area contributed by atoms with Gasteiger partial charge < -0.3 is 37.7 Å². The number of ether oxygens (including phenoxy) is 2. The Morgan fingerprint density at radius 2 is 1.27 bits per heavy atom. The molecule has 0 saturated heterocycles. The van der Waals surface area contributed by atoms with Gasteiger partial charge in [-0.15, -0.1) is 0 Å². The van der Waals surface area contributed by atoms with Gasteiger partial charge in [-0.25, -0.2) is 4.79 Å². The van der Waals surface area contributed by atoms with E-state index < -0.39 is 20.2 Å². The number of hydrogen-bond acceptors (Lipinski definition) is 6. The van der Waals surface area contributed by atoms with E-state index in [4.69, 9.17) is 15.1 Å². The summed E-state index contributed by atoms with van der Waals surface area (Å²) in [7, 11) is 0.345. The molecule has 0 fully saturated rings. The SMILES string of the molecule is COC(=O)OC.F[C-](F)F.OB(O)O.[Li+]. The van der Waals surface area contributed by atoms with Crippen molar-refractivity contribution in [2.75, 3.05) is 14.2 Å². The fourth-order valence-corrected chi connectivity index (χ4v) is 0.0833. The number of rotatable bonds is 0. The van der Waals surface area contributed by atoms with Crippen LogP contribution in [0, 0.1) is 6.68 Å². The summed E-state index contributed by atoms with van der Waals surface area (Å²) >= 11 is 0. The van der Waals surface area contributed by atoms with Crippen LogP contribution >= 0.6 is 0 Å². The smallest absolute Gasteiger partial charge is 0.438 e. The van der Waals surface area contributed by atoms with Gasteiger partial charge in [0.1, 0.15) is 0 Å². The molecule has 0 unspecified atom stereocenters. The molecule has 0 aliphatic carbocycles. The first-order chi connectivity index (χ1) is 6.27. The summed E-state index contributed by atoms with van der Waals surface area (Å²) in [4.78, 5) is 9.74. The van der Waals surface area contributed by atoms with Gasteiger partial charge in [0.05, 0.1) is 14.2 Å². The monoisotopic (exact) mass is 228 g/mol. The maximum Gasteiger partial charge on any atom is 1.00 e. The Balaban J connectivity index is -0.0000000606. The van der Waals surface area contributed by atoms with Crippen LogP contribution in [0.1, 0.15) is 0 Å². The van der Waals surface area contributed by atoms with Crippen LogP contribution < -0.4 is 18.9 Å². The zero-order valence-electron chi connectivity index (χ0n) is 8.28. The molecule has 0 amide bonds. The maximum atomic E-state index is 9.74. The van der Waals surface area contributed by atoms with Crippen molar-refractivity contribution in [2.24, 2.45) is 0 Å². The Hall–Kier alpha value is -0.398. The van der Waals surface area contributed by atoms with E-state index in [1.807, 2.05) is 0 Å². The molecule has 0 aliphatic heterocycles. The zero-order chi connectivity index (χ0) is 12.1. The summed E-state index contributed by atoms with van der Waals surface area (Å²) in [6, 6.07) is 0. The summed E-state index contributed by atoms with van der Waals surface area (Å²) in [5, 5.41) is 21.5. The first-order valence-electron chi connectivity index (χ1n) is 2.77. The molecular formula is C4H9BF3LiO6. The summed E-state index contributed by atoms with van der Waals surface area (Å²) in [5.74, 6) is 0. The van der Waals surface area contributed by atoms with E-state index in [9.17, 15) is 18.0 Å². The van der Waals surface area contributed by atoms with Crippen LogP contribution in [0.25, 0.3) is 0 Å². The summed E-state index contributed by atoms with van der Waals surface area (Å²) in [6.07, 6.45) is -0.657. The number of carbonyl (C=O) groups is 1. The minimum absolute atomic E-state index is 0. The minimum atomic E-state index is -3.08. The molecule has 0 heterocycles. The quantitative estimate of drug-likeness (QED) is 0.228. The molecule has 0 aromatic heterocycles. The van der Waals surface area contributed by atoms with Gasteiger partial charge in [0, 0.05) is 0 Å². The maximum absolute atomic E-state index is 9.74. The fraction of sp³-hybridized carbons (Fsp3) is 0.500. The third kappa shape index (κ3) is 141. The number of halogens is 3. The second-order valence-corrected chi connectivity index (χ2v) is 1.22. The molecule has 15 heavy (non-hydrogen) atoms. The third-order valence-electron chi connectivity index (χ3n) is 0.333. The van der Waals surface area contributed by atoms with Gasteiger partial charge in [-0.05, 0) is 0 Å². The van der Waals surface area contributed by atoms with Gasteiger partial charge in [-0.2, -0.15) is 0 Å². The van der Waals surface area contributed by atoms with Crippen molar-refractivity contribution < 1.29 is 61.4 Å². The molecule has 0 aliphatic rings. The number of methoxy groups -OCH3 is 2. The predicted octanol–water partition coefficient (Wildman–Crippen LogP) is -3.31. The van der Waals surface area contributed by atoms with Gasteiger partial charge in [-0.1, -0.05) is 0 Å². The molecule has 0 aromatic carbocycles. The molecule has 6 nitrogen and oxygen atoms in total. The van der Waals surface area contributed by atoms with Crippen molar-refractivity contribution in [3.8, 4) is 0 Å². The number of hydrogen-bond donors (Lipinski definition) is 3. The Morgan fingerprint density at radius 1 is 1.13 bits per heavy atom. The average molecular weight is 228 g/mol. The molecular weight excluding hydrogens is 219 g/mol. The molecule has 0 aromatic rings.